The molecule has 8 heteroatoms. The fraction of sp³-hybridized carbons (Fsp3) is 0.421. The standard InChI is InChI=1S/C19H23ClN4O3/c1-13-10-14(5-6-16(13)20)11-22-19(26)23(2)15-4-3-8-24(12-15)18(25)17-21-7-9-27-17/h5-7,9-10,15H,3-4,8,11-12H2,1-2H3,(H,22,26)/t15-/m1/s1. The number of amides is 3. The van der Waals surface area contributed by atoms with Crippen molar-refractivity contribution in [1.82, 2.24) is 20.1 Å². The van der Waals surface area contributed by atoms with Crippen LogP contribution in [0.4, 0.5) is 4.79 Å². The molecule has 1 atom stereocenters. The quantitative estimate of drug-likeness (QED) is 0.870. The molecule has 3 amide bonds. The number of benzene rings is 1. The van der Waals surface area contributed by atoms with Crippen LogP contribution in [0, 0.1) is 6.92 Å². The largest absolute Gasteiger partial charge is 0.441 e. The van der Waals surface area contributed by atoms with Crippen LogP contribution in [0.5, 0.6) is 0 Å². The third-order valence-corrected chi connectivity index (χ3v) is 5.26. The number of nitrogens with zero attached hydrogens (tertiary/aromatic N) is 3. The number of oxazole rings is 1. The smallest absolute Gasteiger partial charge is 0.317 e. The Bertz CT molecular complexity index is 809. The van der Waals surface area contributed by atoms with Gasteiger partial charge in [0.25, 0.3) is 5.89 Å². The molecular weight excluding hydrogens is 368 g/mol. The minimum absolute atomic E-state index is 0.0513. The monoisotopic (exact) mass is 390 g/mol. The zero-order valence-electron chi connectivity index (χ0n) is 15.4. The Kier molecular flexibility index (Phi) is 6.01. The molecule has 1 aliphatic rings. The van der Waals surface area contributed by atoms with Crippen LogP contribution < -0.4 is 5.32 Å². The maximum Gasteiger partial charge on any atom is 0.317 e. The lowest BCUT2D eigenvalue weighted by Crippen LogP contribution is -2.52. The van der Waals surface area contributed by atoms with Gasteiger partial charge in [0.1, 0.15) is 6.26 Å². The van der Waals surface area contributed by atoms with Crippen molar-refractivity contribution in [2.75, 3.05) is 20.1 Å². The number of hydrogen-bond donors (Lipinski definition) is 1. The summed E-state index contributed by atoms with van der Waals surface area (Å²) in [5.41, 5.74) is 1.97. The first-order valence-corrected chi connectivity index (χ1v) is 9.28. The summed E-state index contributed by atoms with van der Waals surface area (Å²) >= 11 is 6.03. The first-order valence-electron chi connectivity index (χ1n) is 8.90. The molecule has 1 aliphatic heterocycles. The Morgan fingerprint density at radius 2 is 2.26 bits per heavy atom. The van der Waals surface area contributed by atoms with E-state index >= 15 is 0 Å². The van der Waals surface area contributed by atoms with Gasteiger partial charge in [0.15, 0.2) is 0 Å². The number of rotatable bonds is 4. The van der Waals surface area contributed by atoms with E-state index in [1.54, 1.807) is 16.8 Å². The molecule has 2 aromatic rings. The molecule has 0 radical (unpaired) electrons. The number of carbonyl (C=O) groups excluding carboxylic acids is 2. The molecule has 1 fully saturated rings. The van der Waals surface area contributed by atoms with Crippen molar-refractivity contribution >= 4 is 23.5 Å². The van der Waals surface area contributed by atoms with Crippen LogP contribution in [-0.4, -0.2) is 52.9 Å². The fourth-order valence-electron chi connectivity index (χ4n) is 3.20. The molecule has 2 heterocycles. The summed E-state index contributed by atoms with van der Waals surface area (Å²) in [7, 11) is 1.76. The summed E-state index contributed by atoms with van der Waals surface area (Å²) in [6.45, 7) is 3.45. The number of carbonyl (C=O) groups is 2. The SMILES string of the molecule is Cc1cc(CNC(=O)N(C)[C@@H]2CCCN(C(=O)c3ncco3)C2)ccc1Cl. The summed E-state index contributed by atoms with van der Waals surface area (Å²) in [5, 5.41) is 3.63. The predicted molar refractivity (Wildman–Crippen MR) is 102 cm³/mol. The van der Waals surface area contributed by atoms with E-state index in [0.717, 1.165) is 24.0 Å². The first-order chi connectivity index (χ1) is 13.0. The van der Waals surface area contributed by atoms with Gasteiger partial charge in [0.05, 0.1) is 12.2 Å². The summed E-state index contributed by atoms with van der Waals surface area (Å²) < 4.78 is 5.09. The van der Waals surface area contributed by atoms with E-state index in [4.69, 9.17) is 16.0 Å². The van der Waals surface area contributed by atoms with Crippen LogP contribution in [0.1, 0.15) is 34.7 Å². The lowest BCUT2D eigenvalue weighted by molar-refractivity contribution is 0.0598. The van der Waals surface area contributed by atoms with Gasteiger partial charge in [0.2, 0.25) is 0 Å². The molecule has 1 aromatic heterocycles. The Balaban J connectivity index is 1.55. The molecule has 3 rings (SSSR count). The average molecular weight is 391 g/mol. The Labute approximate surface area is 163 Å². The van der Waals surface area contributed by atoms with E-state index in [1.807, 2.05) is 25.1 Å². The van der Waals surface area contributed by atoms with E-state index in [-0.39, 0.29) is 23.9 Å². The minimum Gasteiger partial charge on any atom is -0.441 e. The molecular formula is C19H23ClN4O3. The number of hydrogen-bond acceptors (Lipinski definition) is 4. The lowest BCUT2D eigenvalue weighted by atomic mass is 10.0. The highest BCUT2D eigenvalue weighted by molar-refractivity contribution is 6.31. The van der Waals surface area contributed by atoms with Crippen molar-refractivity contribution in [1.29, 1.82) is 0 Å². The Morgan fingerprint density at radius 1 is 1.44 bits per heavy atom. The third kappa shape index (κ3) is 4.60. The zero-order chi connectivity index (χ0) is 19.4. The molecule has 0 unspecified atom stereocenters. The molecule has 0 aliphatic carbocycles. The molecule has 1 saturated heterocycles. The molecule has 144 valence electrons. The Morgan fingerprint density at radius 3 is 2.96 bits per heavy atom. The van der Waals surface area contributed by atoms with Crippen molar-refractivity contribution in [2.24, 2.45) is 0 Å². The van der Waals surface area contributed by atoms with Crippen molar-refractivity contribution in [3.63, 3.8) is 0 Å². The van der Waals surface area contributed by atoms with Gasteiger partial charge >= 0.3 is 11.9 Å². The second kappa shape index (κ2) is 8.43. The van der Waals surface area contributed by atoms with Gasteiger partial charge in [-0.25, -0.2) is 9.78 Å². The first kappa shape index (κ1) is 19.2. The topological polar surface area (TPSA) is 78.7 Å². The number of aryl methyl sites for hydroxylation is 1. The highest BCUT2D eigenvalue weighted by atomic mass is 35.5. The number of nitrogens with one attached hydrogen (secondary N) is 1. The maximum atomic E-state index is 12.5. The number of piperidine rings is 1. The Hall–Kier alpha value is -2.54. The van der Waals surface area contributed by atoms with Crippen LogP contribution in [0.15, 0.2) is 35.1 Å². The highest BCUT2D eigenvalue weighted by Gasteiger charge is 2.30. The molecule has 1 aromatic carbocycles. The normalized spacial score (nSPS) is 16.9. The number of likely N-dealkylation sites (N-methyl/N-ethyl adjacent to an activating group) is 1. The van der Waals surface area contributed by atoms with Gasteiger partial charge in [-0.1, -0.05) is 23.7 Å². The van der Waals surface area contributed by atoms with E-state index in [0.29, 0.717) is 24.7 Å². The van der Waals surface area contributed by atoms with E-state index in [2.05, 4.69) is 10.3 Å². The molecule has 0 bridgehead atoms. The van der Waals surface area contributed by atoms with Crippen LogP contribution in [0.3, 0.4) is 0 Å². The second-order valence-corrected chi connectivity index (χ2v) is 7.14. The molecule has 27 heavy (non-hydrogen) atoms. The van der Waals surface area contributed by atoms with Crippen LogP contribution in [0.25, 0.3) is 0 Å². The second-order valence-electron chi connectivity index (χ2n) is 6.74. The van der Waals surface area contributed by atoms with Crippen molar-refractivity contribution < 1.29 is 14.0 Å². The third-order valence-electron chi connectivity index (χ3n) is 4.83. The van der Waals surface area contributed by atoms with Gasteiger partial charge in [-0.05, 0) is 37.0 Å². The van der Waals surface area contributed by atoms with Crippen LogP contribution in [0.2, 0.25) is 5.02 Å². The number of likely N-dealkylation sites (tertiary alicyclic amines) is 1. The van der Waals surface area contributed by atoms with Gasteiger partial charge in [-0.15, -0.1) is 0 Å². The molecule has 7 nitrogen and oxygen atoms in total. The lowest BCUT2D eigenvalue weighted by Gasteiger charge is -2.37. The average Bonchev–Trinajstić information content (AvgIpc) is 3.22. The minimum atomic E-state index is -0.241. The predicted octanol–water partition coefficient (Wildman–Crippen LogP) is 3.08. The number of halogens is 1. The van der Waals surface area contributed by atoms with Crippen molar-refractivity contribution in [2.45, 2.75) is 32.4 Å². The van der Waals surface area contributed by atoms with E-state index in [9.17, 15) is 9.59 Å². The van der Waals surface area contributed by atoms with E-state index in [1.165, 1.54) is 12.5 Å². The molecule has 1 N–H and O–H groups in total. The highest BCUT2D eigenvalue weighted by Crippen LogP contribution is 2.18. The van der Waals surface area contributed by atoms with Gasteiger partial charge in [-0.2, -0.15) is 0 Å². The number of urea groups is 1. The maximum absolute atomic E-state index is 12.5. The van der Waals surface area contributed by atoms with Crippen molar-refractivity contribution in [3.05, 3.63) is 52.7 Å². The fourth-order valence-corrected chi connectivity index (χ4v) is 3.32. The molecule has 0 spiro atoms. The number of aromatic nitrogens is 1. The van der Waals surface area contributed by atoms with Crippen molar-refractivity contribution in [3.8, 4) is 0 Å². The summed E-state index contributed by atoms with van der Waals surface area (Å²) in [5.74, 6) is -0.156. The zero-order valence-corrected chi connectivity index (χ0v) is 16.2. The summed E-state index contributed by atoms with van der Waals surface area (Å²) in [6.07, 6.45) is 4.50. The molecule has 0 saturated carbocycles. The summed E-state index contributed by atoms with van der Waals surface area (Å²) in [4.78, 5) is 32.2. The van der Waals surface area contributed by atoms with E-state index < -0.39 is 0 Å². The van der Waals surface area contributed by atoms with Crippen LogP contribution in [-0.2, 0) is 6.54 Å². The van der Waals surface area contributed by atoms with Gasteiger partial charge in [0, 0.05) is 31.7 Å². The summed E-state index contributed by atoms with van der Waals surface area (Å²) in [6, 6.07) is 5.46. The van der Waals surface area contributed by atoms with Crippen LogP contribution >= 0.6 is 11.6 Å². The van der Waals surface area contributed by atoms with Gasteiger partial charge in [-0.3, -0.25) is 4.79 Å². The van der Waals surface area contributed by atoms with Gasteiger partial charge < -0.3 is 19.5 Å².